The topological polar surface area (TPSA) is 150 Å². The van der Waals surface area contributed by atoms with Crippen molar-refractivity contribution < 1.29 is 19.8 Å². The van der Waals surface area contributed by atoms with Gasteiger partial charge in [-0.3, -0.25) is 14.6 Å². The van der Waals surface area contributed by atoms with Gasteiger partial charge in [-0.25, -0.2) is 4.99 Å². The summed E-state index contributed by atoms with van der Waals surface area (Å²) in [6, 6.07) is 11.2. The van der Waals surface area contributed by atoms with Crippen molar-refractivity contribution in [3.63, 3.8) is 0 Å². The van der Waals surface area contributed by atoms with Gasteiger partial charge in [0, 0.05) is 12.4 Å². The third kappa shape index (κ3) is 3.23. The fourth-order valence-corrected chi connectivity index (χ4v) is 2.39. The van der Waals surface area contributed by atoms with E-state index in [0.717, 1.165) is 6.20 Å². The molecule has 0 spiro atoms. The molecule has 1 aromatic heterocycles. The molecule has 9 nitrogen and oxygen atoms in total. The zero-order valence-corrected chi connectivity index (χ0v) is 13.4. The summed E-state index contributed by atoms with van der Waals surface area (Å²) in [5.41, 5.74) is 5.24. The first kappa shape index (κ1) is 17.1. The summed E-state index contributed by atoms with van der Waals surface area (Å²) in [6.45, 7) is 0. The van der Waals surface area contributed by atoms with Crippen LogP contribution in [0.3, 0.4) is 0 Å². The number of aliphatic hydroxyl groups excluding tert-OH is 1. The molecule has 2 amide bonds. The lowest BCUT2D eigenvalue weighted by Gasteiger charge is -2.30. The summed E-state index contributed by atoms with van der Waals surface area (Å²) >= 11 is 0. The number of nitrogens with zero attached hydrogens (tertiary/aromatic N) is 2. The first-order valence-corrected chi connectivity index (χ1v) is 7.52. The van der Waals surface area contributed by atoms with E-state index in [1.54, 1.807) is 30.3 Å². The number of pyridine rings is 1. The molecular weight excluding hydrogens is 338 g/mol. The van der Waals surface area contributed by atoms with Gasteiger partial charge in [-0.1, -0.05) is 24.3 Å². The maximum absolute atomic E-state index is 12.3. The molecule has 0 saturated heterocycles. The zero-order chi connectivity index (χ0) is 18.7. The Bertz CT molecular complexity index is 926. The summed E-state index contributed by atoms with van der Waals surface area (Å²) in [6.07, 6.45) is 2.48. The number of aromatic nitrogens is 1. The minimum Gasteiger partial charge on any atom is -0.504 e. The SMILES string of the molecule is NC(=O)C1=NC(O)(c2ccccc2NC(=O)c2ccccn2)NC=C1O. The van der Waals surface area contributed by atoms with Crippen molar-refractivity contribution in [3.05, 3.63) is 71.9 Å². The van der Waals surface area contributed by atoms with Gasteiger partial charge in [0.25, 0.3) is 17.7 Å². The summed E-state index contributed by atoms with van der Waals surface area (Å²) in [4.78, 5) is 31.5. The summed E-state index contributed by atoms with van der Waals surface area (Å²) < 4.78 is 0. The maximum Gasteiger partial charge on any atom is 0.274 e. The Kier molecular flexibility index (Phi) is 4.38. The number of nitrogens with one attached hydrogen (secondary N) is 2. The molecule has 6 N–H and O–H groups in total. The fraction of sp³-hybridized carbons (Fsp3) is 0.0588. The van der Waals surface area contributed by atoms with Crippen LogP contribution < -0.4 is 16.4 Å². The number of nitrogens with two attached hydrogens (primary N) is 1. The fourth-order valence-electron chi connectivity index (χ4n) is 2.39. The van der Waals surface area contributed by atoms with Crippen LogP contribution in [-0.2, 0) is 10.6 Å². The molecule has 9 heteroatoms. The highest BCUT2D eigenvalue weighted by Gasteiger charge is 2.36. The van der Waals surface area contributed by atoms with Crippen molar-refractivity contribution in [2.75, 3.05) is 5.32 Å². The molecular formula is C17H15N5O4. The lowest BCUT2D eigenvalue weighted by Crippen LogP contribution is -2.44. The lowest BCUT2D eigenvalue weighted by molar-refractivity contribution is -0.112. The first-order chi connectivity index (χ1) is 12.4. The second kappa shape index (κ2) is 6.65. The van der Waals surface area contributed by atoms with E-state index in [4.69, 9.17) is 5.73 Å². The quantitative estimate of drug-likeness (QED) is 0.536. The van der Waals surface area contributed by atoms with Gasteiger partial charge in [0.05, 0.1) is 11.3 Å². The second-order valence-corrected chi connectivity index (χ2v) is 5.39. The number of rotatable bonds is 4. The molecule has 26 heavy (non-hydrogen) atoms. The zero-order valence-electron chi connectivity index (χ0n) is 13.4. The molecule has 0 radical (unpaired) electrons. The largest absolute Gasteiger partial charge is 0.504 e. The van der Waals surface area contributed by atoms with Crippen LogP contribution in [0.1, 0.15) is 16.1 Å². The summed E-state index contributed by atoms with van der Waals surface area (Å²) in [5, 5.41) is 25.6. The highest BCUT2D eigenvalue weighted by atomic mass is 16.3. The number of aliphatic hydroxyl groups is 2. The Balaban J connectivity index is 1.97. The van der Waals surface area contributed by atoms with Gasteiger partial charge in [0.15, 0.2) is 11.5 Å². The number of hydrogen-bond acceptors (Lipinski definition) is 7. The van der Waals surface area contributed by atoms with Crippen molar-refractivity contribution in [1.29, 1.82) is 0 Å². The maximum atomic E-state index is 12.3. The van der Waals surface area contributed by atoms with Crippen molar-refractivity contribution in [3.8, 4) is 0 Å². The third-order valence-electron chi connectivity index (χ3n) is 3.61. The van der Waals surface area contributed by atoms with Gasteiger partial charge in [-0.15, -0.1) is 0 Å². The van der Waals surface area contributed by atoms with Gasteiger partial charge in [-0.05, 0) is 18.2 Å². The number of aliphatic imine (C=N–C) groups is 1. The van der Waals surface area contributed by atoms with E-state index in [-0.39, 0.29) is 16.9 Å². The van der Waals surface area contributed by atoms with Gasteiger partial charge in [0.1, 0.15) is 5.69 Å². The average Bonchev–Trinajstić information content (AvgIpc) is 2.65. The van der Waals surface area contributed by atoms with Gasteiger partial charge in [-0.2, -0.15) is 0 Å². The van der Waals surface area contributed by atoms with E-state index in [1.807, 2.05) is 0 Å². The van der Waals surface area contributed by atoms with Gasteiger partial charge >= 0.3 is 0 Å². The number of benzene rings is 1. The number of para-hydroxylation sites is 1. The minimum atomic E-state index is -2.11. The third-order valence-corrected chi connectivity index (χ3v) is 3.61. The van der Waals surface area contributed by atoms with Crippen LogP contribution in [0.15, 0.2) is 65.6 Å². The Hall–Kier alpha value is -3.72. The molecule has 1 aliphatic rings. The molecule has 3 rings (SSSR count). The van der Waals surface area contributed by atoms with E-state index in [2.05, 4.69) is 20.6 Å². The second-order valence-electron chi connectivity index (χ2n) is 5.39. The van der Waals surface area contributed by atoms with Crippen LogP contribution in [0.4, 0.5) is 5.69 Å². The van der Waals surface area contributed by atoms with E-state index >= 15 is 0 Å². The normalized spacial score (nSPS) is 19.0. The van der Waals surface area contributed by atoms with E-state index in [9.17, 15) is 19.8 Å². The highest BCUT2D eigenvalue weighted by Crippen LogP contribution is 2.30. The molecule has 2 aromatic rings. The van der Waals surface area contributed by atoms with Gasteiger partial charge in [0.2, 0.25) is 0 Å². The first-order valence-electron chi connectivity index (χ1n) is 7.52. The predicted octanol–water partition coefficient (Wildman–Crippen LogP) is 0.365. The molecule has 2 heterocycles. The van der Waals surface area contributed by atoms with Crippen LogP contribution >= 0.6 is 0 Å². The predicted molar refractivity (Wildman–Crippen MR) is 93.0 cm³/mol. The molecule has 1 unspecified atom stereocenters. The van der Waals surface area contributed by atoms with Gasteiger partial charge < -0.3 is 26.6 Å². The molecule has 1 atom stereocenters. The van der Waals surface area contributed by atoms with Crippen molar-refractivity contribution in [2.24, 2.45) is 10.7 Å². The average molecular weight is 353 g/mol. The Labute approximate surface area is 147 Å². The number of carbonyl (C=O) groups is 2. The van der Waals surface area contributed by atoms with E-state index < -0.39 is 29.1 Å². The van der Waals surface area contributed by atoms with E-state index in [1.165, 1.54) is 18.3 Å². The number of anilines is 1. The standard InChI is InChI=1S/C17H15N5O4/c18-15(24)14-13(23)9-20-17(26,22-14)10-5-1-2-6-11(10)21-16(25)12-7-3-4-8-19-12/h1-9,20,23,26H,(H2,18,24)(H,21,25). The summed E-state index contributed by atoms with van der Waals surface area (Å²) in [7, 11) is 0. The van der Waals surface area contributed by atoms with Crippen LogP contribution in [0.25, 0.3) is 0 Å². The molecule has 1 aliphatic heterocycles. The van der Waals surface area contributed by atoms with Crippen LogP contribution in [0.5, 0.6) is 0 Å². The Morgan fingerprint density at radius 3 is 2.58 bits per heavy atom. The van der Waals surface area contributed by atoms with Crippen LogP contribution in [-0.4, -0.2) is 32.7 Å². The smallest absolute Gasteiger partial charge is 0.274 e. The number of primary amides is 1. The summed E-state index contributed by atoms with van der Waals surface area (Å²) in [5.74, 6) is -4.11. The van der Waals surface area contributed by atoms with E-state index in [0.29, 0.717) is 0 Å². The van der Waals surface area contributed by atoms with Crippen LogP contribution in [0, 0.1) is 0 Å². The van der Waals surface area contributed by atoms with Crippen molar-refractivity contribution >= 4 is 23.2 Å². The molecule has 1 aromatic carbocycles. The van der Waals surface area contributed by atoms with Crippen LogP contribution in [0.2, 0.25) is 0 Å². The van der Waals surface area contributed by atoms with Crippen molar-refractivity contribution in [2.45, 2.75) is 5.85 Å². The Morgan fingerprint density at radius 1 is 1.15 bits per heavy atom. The Morgan fingerprint density at radius 2 is 1.88 bits per heavy atom. The molecule has 132 valence electrons. The number of carbonyl (C=O) groups excluding carboxylic acids is 2. The molecule has 0 fully saturated rings. The monoisotopic (exact) mass is 353 g/mol. The van der Waals surface area contributed by atoms with Crippen molar-refractivity contribution in [1.82, 2.24) is 10.3 Å². The molecule has 0 aliphatic carbocycles. The molecule has 0 saturated carbocycles. The number of hydrogen-bond donors (Lipinski definition) is 5. The molecule has 0 bridgehead atoms. The lowest BCUT2D eigenvalue weighted by atomic mass is 10.1. The minimum absolute atomic E-state index is 0.145. The number of amides is 2. The highest BCUT2D eigenvalue weighted by molar-refractivity contribution is 6.44.